The predicted molar refractivity (Wildman–Crippen MR) is 103 cm³/mol. The van der Waals surface area contributed by atoms with Gasteiger partial charge in [-0.25, -0.2) is 9.78 Å². The van der Waals surface area contributed by atoms with Gasteiger partial charge in [0.05, 0.1) is 11.3 Å². The van der Waals surface area contributed by atoms with Gasteiger partial charge in [-0.3, -0.25) is 4.79 Å². The highest BCUT2D eigenvalue weighted by molar-refractivity contribution is 6.30. The van der Waals surface area contributed by atoms with E-state index in [1.165, 1.54) is 0 Å². The van der Waals surface area contributed by atoms with Crippen LogP contribution in [0, 0.1) is 0 Å². The van der Waals surface area contributed by atoms with Crippen LogP contribution in [-0.4, -0.2) is 21.7 Å². The van der Waals surface area contributed by atoms with Gasteiger partial charge in [-0.05, 0) is 12.5 Å². The topological polar surface area (TPSA) is 72.0 Å². The molecular weight excluding hydrogens is 364 g/mol. The molecule has 3 rings (SSSR count). The summed E-state index contributed by atoms with van der Waals surface area (Å²) < 4.78 is 5.37. The number of benzene rings is 2. The lowest BCUT2D eigenvalue weighted by Gasteiger charge is -2.09. The van der Waals surface area contributed by atoms with E-state index in [9.17, 15) is 9.59 Å². The maximum absolute atomic E-state index is 12.7. The number of aromatic nitrogens is 2. The third-order valence-electron chi connectivity index (χ3n) is 4.04. The zero-order chi connectivity index (χ0) is 19.2. The predicted octanol–water partition coefficient (Wildman–Crippen LogP) is 4.60. The van der Waals surface area contributed by atoms with Crippen molar-refractivity contribution in [3.63, 3.8) is 0 Å². The summed E-state index contributed by atoms with van der Waals surface area (Å²) in [6.07, 6.45) is 1.69. The number of carbonyl (C=O) groups excluding carboxylic acids is 2. The van der Waals surface area contributed by atoms with Crippen LogP contribution >= 0.6 is 11.6 Å². The summed E-state index contributed by atoms with van der Waals surface area (Å²) in [5, 5.41) is 0.292. The summed E-state index contributed by atoms with van der Waals surface area (Å²) in [5.41, 5.74) is 1.57. The quantitative estimate of drug-likeness (QED) is 0.478. The smallest absolute Gasteiger partial charge is 0.339 e. The second kappa shape index (κ2) is 8.64. The SMILES string of the molecule is CCCc1nc(Cl)c(COC(=O)c2ccccc2C(=O)c2ccccc2)[nH]1. The Morgan fingerprint density at radius 1 is 1.04 bits per heavy atom. The van der Waals surface area contributed by atoms with Crippen LogP contribution < -0.4 is 0 Å². The van der Waals surface area contributed by atoms with Gasteiger partial charge in [0, 0.05) is 17.5 Å². The summed E-state index contributed by atoms with van der Waals surface area (Å²) in [5.74, 6) is -0.0567. The number of halogens is 1. The van der Waals surface area contributed by atoms with Crippen LogP contribution in [0.4, 0.5) is 0 Å². The Morgan fingerprint density at radius 2 is 1.70 bits per heavy atom. The maximum atomic E-state index is 12.7. The molecular formula is C21H19ClN2O3. The molecule has 138 valence electrons. The number of nitrogens with one attached hydrogen (secondary N) is 1. The Balaban J connectivity index is 1.77. The van der Waals surface area contributed by atoms with Gasteiger partial charge in [0.2, 0.25) is 0 Å². The molecule has 0 saturated heterocycles. The van der Waals surface area contributed by atoms with E-state index in [1.807, 2.05) is 13.0 Å². The summed E-state index contributed by atoms with van der Waals surface area (Å²) in [6, 6.07) is 15.4. The van der Waals surface area contributed by atoms with Crippen molar-refractivity contribution >= 4 is 23.4 Å². The Labute approximate surface area is 162 Å². The molecule has 0 unspecified atom stereocenters. The third kappa shape index (κ3) is 4.44. The fourth-order valence-corrected chi connectivity index (χ4v) is 2.91. The fraction of sp³-hybridized carbons (Fsp3) is 0.190. The number of rotatable bonds is 7. The van der Waals surface area contributed by atoms with Gasteiger partial charge < -0.3 is 9.72 Å². The second-order valence-electron chi connectivity index (χ2n) is 6.02. The molecule has 1 heterocycles. The molecule has 5 nitrogen and oxygen atoms in total. The standard InChI is InChI=1S/C21H19ClN2O3/c1-2-8-18-23-17(20(22)24-18)13-27-21(26)16-12-7-6-11-15(16)19(25)14-9-4-3-5-10-14/h3-7,9-12H,2,8,13H2,1H3,(H,23,24). The van der Waals surface area contributed by atoms with E-state index in [0.717, 1.165) is 18.7 Å². The van der Waals surface area contributed by atoms with Crippen molar-refractivity contribution in [2.45, 2.75) is 26.4 Å². The minimum atomic E-state index is -0.586. The molecule has 0 aliphatic heterocycles. The highest BCUT2D eigenvalue weighted by Crippen LogP contribution is 2.18. The van der Waals surface area contributed by atoms with Crippen molar-refractivity contribution in [2.75, 3.05) is 0 Å². The van der Waals surface area contributed by atoms with Crippen LogP contribution in [0.2, 0.25) is 5.15 Å². The lowest BCUT2D eigenvalue weighted by Crippen LogP contribution is -2.13. The van der Waals surface area contributed by atoms with Crippen molar-refractivity contribution in [3.05, 3.63) is 88.0 Å². The molecule has 0 aliphatic carbocycles. The number of esters is 1. The number of hydrogen-bond donors (Lipinski definition) is 1. The van der Waals surface area contributed by atoms with Gasteiger partial charge >= 0.3 is 5.97 Å². The first-order chi connectivity index (χ1) is 13.1. The van der Waals surface area contributed by atoms with Crippen molar-refractivity contribution < 1.29 is 14.3 Å². The second-order valence-corrected chi connectivity index (χ2v) is 6.38. The van der Waals surface area contributed by atoms with Crippen LogP contribution in [0.25, 0.3) is 0 Å². The molecule has 0 saturated carbocycles. The van der Waals surface area contributed by atoms with Gasteiger partial charge in [0.25, 0.3) is 0 Å². The molecule has 2 aromatic carbocycles. The number of aromatic amines is 1. The average Bonchev–Trinajstić information content (AvgIpc) is 3.05. The summed E-state index contributed by atoms with van der Waals surface area (Å²) >= 11 is 6.08. The van der Waals surface area contributed by atoms with Gasteiger partial charge in [0.1, 0.15) is 12.4 Å². The Hall–Kier alpha value is -2.92. The largest absolute Gasteiger partial charge is 0.456 e. The first-order valence-electron chi connectivity index (χ1n) is 8.69. The van der Waals surface area contributed by atoms with Crippen LogP contribution in [0.3, 0.4) is 0 Å². The van der Waals surface area contributed by atoms with Gasteiger partial charge in [-0.15, -0.1) is 0 Å². The molecule has 0 spiro atoms. The molecule has 0 atom stereocenters. The minimum absolute atomic E-state index is 0.0394. The highest BCUT2D eigenvalue weighted by Gasteiger charge is 2.19. The average molecular weight is 383 g/mol. The van der Waals surface area contributed by atoms with Crippen molar-refractivity contribution in [1.82, 2.24) is 9.97 Å². The van der Waals surface area contributed by atoms with E-state index in [-0.39, 0.29) is 18.0 Å². The molecule has 27 heavy (non-hydrogen) atoms. The van der Waals surface area contributed by atoms with Crippen LogP contribution in [0.15, 0.2) is 54.6 Å². The molecule has 0 fully saturated rings. The summed E-state index contributed by atoms with van der Waals surface area (Å²) in [4.78, 5) is 32.6. The van der Waals surface area contributed by atoms with Gasteiger partial charge in [0.15, 0.2) is 10.9 Å². The first-order valence-corrected chi connectivity index (χ1v) is 9.07. The van der Waals surface area contributed by atoms with Crippen LogP contribution in [-0.2, 0) is 17.8 Å². The zero-order valence-electron chi connectivity index (χ0n) is 14.9. The monoisotopic (exact) mass is 382 g/mol. The van der Waals surface area contributed by atoms with E-state index in [4.69, 9.17) is 16.3 Å². The Bertz CT molecular complexity index is 951. The van der Waals surface area contributed by atoms with E-state index in [0.29, 0.717) is 22.0 Å². The molecule has 6 heteroatoms. The van der Waals surface area contributed by atoms with Crippen molar-refractivity contribution in [3.8, 4) is 0 Å². The van der Waals surface area contributed by atoms with Gasteiger partial charge in [-0.1, -0.05) is 67.1 Å². The first kappa shape index (κ1) is 18.9. The molecule has 0 aliphatic rings. The Kier molecular flexibility index (Phi) is 6.04. The molecule has 0 amide bonds. The van der Waals surface area contributed by atoms with Crippen LogP contribution in [0.5, 0.6) is 0 Å². The zero-order valence-corrected chi connectivity index (χ0v) is 15.6. The van der Waals surface area contributed by atoms with Crippen molar-refractivity contribution in [1.29, 1.82) is 0 Å². The number of aryl methyl sites for hydroxylation is 1. The minimum Gasteiger partial charge on any atom is -0.456 e. The number of ether oxygens (including phenoxy) is 1. The molecule has 0 bridgehead atoms. The number of carbonyl (C=O) groups is 2. The molecule has 0 radical (unpaired) electrons. The van der Waals surface area contributed by atoms with E-state index < -0.39 is 5.97 Å². The molecule has 3 aromatic rings. The fourth-order valence-electron chi connectivity index (χ4n) is 2.71. The number of nitrogens with zero attached hydrogens (tertiary/aromatic N) is 1. The number of ketones is 1. The van der Waals surface area contributed by atoms with E-state index >= 15 is 0 Å². The summed E-state index contributed by atoms with van der Waals surface area (Å²) in [7, 11) is 0. The third-order valence-corrected chi connectivity index (χ3v) is 4.35. The van der Waals surface area contributed by atoms with Gasteiger partial charge in [-0.2, -0.15) is 0 Å². The lowest BCUT2D eigenvalue weighted by atomic mass is 9.98. The highest BCUT2D eigenvalue weighted by atomic mass is 35.5. The lowest BCUT2D eigenvalue weighted by molar-refractivity contribution is 0.0465. The number of hydrogen-bond acceptors (Lipinski definition) is 4. The van der Waals surface area contributed by atoms with Crippen LogP contribution in [0.1, 0.15) is 51.1 Å². The molecule has 1 N–H and O–H groups in total. The van der Waals surface area contributed by atoms with E-state index in [2.05, 4.69) is 9.97 Å². The van der Waals surface area contributed by atoms with Crippen molar-refractivity contribution in [2.24, 2.45) is 0 Å². The normalized spacial score (nSPS) is 10.6. The molecule has 1 aromatic heterocycles. The number of imidazole rings is 1. The summed E-state index contributed by atoms with van der Waals surface area (Å²) in [6.45, 7) is 2.00. The maximum Gasteiger partial charge on any atom is 0.339 e. The van der Waals surface area contributed by atoms with E-state index in [1.54, 1.807) is 48.5 Å². The Morgan fingerprint density at radius 3 is 2.41 bits per heavy atom. The number of H-pyrrole nitrogens is 1.